The van der Waals surface area contributed by atoms with Gasteiger partial charge in [0, 0.05) is 0 Å². The molecule has 1 unspecified atom stereocenters. The van der Waals surface area contributed by atoms with E-state index in [-0.39, 0.29) is 11.8 Å². The van der Waals surface area contributed by atoms with Gasteiger partial charge in [-0.3, -0.25) is 4.79 Å². The van der Waals surface area contributed by atoms with E-state index in [0.717, 1.165) is 5.56 Å². The van der Waals surface area contributed by atoms with Crippen LogP contribution in [0.5, 0.6) is 5.75 Å². The van der Waals surface area contributed by atoms with Crippen LogP contribution in [0.2, 0.25) is 5.02 Å². The predicted molar refractivity (Wildman–Crippen MR) is 65.1 cm³/mol. The van der Waals surface area contributed by atoms with E-state index in [1.54, 1.807) is 26.1 Å². The zero-order chi connectivity index (χ0) is 12.1. The van der Waals surface area contributed by atoms with Crippen molar-refractivity contribution in [2.45, 2.75) is 19.9 Å². The van der Waals surface area contributed by atoms with Crippen LogP contribution in [0.15, 0.2) is 18.2 Å². The summed E-state index contributed by atoms with van der Waals surface area (Å²) in [5.41, 5.74) is 0.850. The van der Waals surface area contributed by atoms with Gasteiger partial charge < -0.3 is 10.1 Å². The van der Waals surface area contributed by atoms with Gasteiger partial charge in [0.2, 0.25) is 0 Å². The summed E-state index contributed by atoms with van der Waals surface area (Å²) in [6.45, 7) is 4.02. The third kappa shape index (κ3) is 2.97. The predicted octanol–water partition coefficient (Wildman–Crippen LogP) is 2.59. The highest BCUT2D eigenvalue weighted by Crippen LogP contribution is 2.28. The molecule has 0 aliphatic rings. The van der Waals surface area contributed by atoms with Gasteiger partial charge in [0.05, 0.1) is 17.7 Å². The Morgan fingerprint density at radius 2 is 2.25 bits per heavy atom. The van der Waals surface area contributed by atoms with Gasteiger partial charge in [-0.15, -0.1) is 0 Å². The van der Waals surface area contributed by atoms with Crippen molar-refractivity contribution in [2.75, 3.05) is 13.7 Å². The number of nitrogens with one attached hydrogen (secondary N) is 1. The molecule has 3 nitrogen and oxygen atoms in total. The molecule has 1 atom stereocenters. The van der Waals surface area contributed by atoms with Crippen LogP contribution >= 0.6 is 11.6 Å². The lowest BCUT2D eigenvalue weighted by Gasteiger charge is -2.14. The summed E-state index contributed by atoms with van der Waals surface area (Å²) in [7, 11) is 1.75. The van der Waals surface area contributed by atoms with Gasteiger partial charge in [0.25, 0.3) is 0 Å². The van der Waals surface area contributed by atoms with Crippen molar-refractivity contribution in [3.8, 4) is 5.75 Å². The molecule has 1 N–H and O–H groups in total. The van der Waals surface area contributed by atoms with Crippen LogP contribution in [0.4, 0.5) is 0 Å². The molecule has 0 saturated carbocycles. The summed E-state index contributed by atoms with van der Waals surface area (Å²) in [6, 6.07) is 5.08. The van der Waals surface area contributed by atoms with Crippen molar-refractivity contribution in [2.24, 2.45) is 0 Å². The van der Waals surface area contributed by atoms with E-state index >= 15 is 0 Å². The van der Waals surface area contributed by atoms with Crippen molar-refractivity contribution in [1.29, 1.82) is 0 Å². The van der Waals surface area contributed by atoms with Crippen molar-refractivity contribution >= 4 is 17.4 Å². The van der Waals surface area contributed by atoms with Gasteiger partial charge in [0.1, 0.15) is 5.75 Å². The number of hydrogen-bond donors (Lipinski definition) is 1. The molecule has 1 aromatic rings. The minimum absolute atomic E-state index is 0.0581. The molecule has 0 fully saturated rings. The third-order valence-electron chi connectivity index (χ3n) is 2.28. The molecule has 0 aliphatic heterocycles. The average Bonchev–Trinajstić information content (AvgIpc) is 2.22. The van der Waals surface area contributed by atoms with E-state index in [4.69, 9.17) is 16.3 Å². The number of benzene rings is 1. The number of hydrogen-bond acceptors (Lipinski definition) is 3. The van der Waals surface area contributed by atoms with Gasteiger partial charge >= 0.3 is 0 Å². The fraction of sp³-hybridized carbons (Fsp3) is 0.417. The van der Waals surface area contributed by atoms with Crippen molar-refractivity contribution in [1.82, 2.24) is 5.32 Å². The molecule has 0 spiro atoms. The van der Waals surface area contributed by atoms with Crippen molar-refractivity contribution < 1.29 is 9.53 Å². The molecule has 0 saturated heterocycles. The summed E-state index contributed by atoms with van der Waals surface area (Å²) in [4.78, 5) is 11.4. The Morgan fingerprint density at radius 3 is 2.69 bits per heavy atom. The van der Waals surface area contributed by atoms with E-state index in [1.807, 2.05) is 13.0 Å². The van der Waals surface area contributed by atoms with Gasteiger partial charge in [0.15, 0.2) is 5.78 Å². The summed E-state index contributed by atoms with van der Waals surface area (Å²) >= 11 is 6.05. The molecule has 1 aromatic carbocycles. The Morgan fingerprint density at radius 1 is 1.56 bits per heavy atom. The summed E-state index contributed by atoms with van der Waals surface area (Å²) in [5.74, 6) is 0.703. The third-order valence-corrected chi connectivity index (χ3v) is 2.58. The van der Waals surface area contributed by atoms with Crippen LogP contribution < -0.4 is 10.1 Å². The standard InChI is InChI=1S/C12H16ClNO2/c1-4-16-11-6-5-9(7-10(11)13)12(14-3)8(2)15/h5-7,12,14H,4H2,1-3H3. The lowest BCUT2D eigenvalue weighted by atomic mass is 10.0. The Hall–Kier alpha value is -1.06. The number of ether oxygens (including phenoxy) is 1. The van der Waals surface area contributed by atoms with Crippen molar-refractivity contribution in [3.63, 3.8) is 0 Å². The first kappa shape index (κ1) is 13.0. The van der Waals surface area contributed by atoms with Crippen LogP contribution in [0, 0.1) is 0 Å². The van der Waals surface area contributed by atoms with E-state index in [1.165, 1.54) is 0 Å². The molecule has 4 heteroatoms. The monoisotopic (exact) mass is 241 g/mol. The van der Waals surface area contributed by atoms with Crippen LogP contribution in [0.25, 0.3) is 0 Å². The highest BCUT2D eigenvalue weighted by atomic mass is 35.5. The Labute approximate surface area is 101 Å². The van der Waals surface area contributed by atoms with Gasteiger partial charge in [-0.2, -0.15) is 0 Å². The lowest BCUT2D eigenvalue weighted by Crippen LogP contribution is -2.23. The second-order valence-electron chi connectivity index (χ2n) is 3.46. The Bertz CT molecular complexity index is 379. The smallest absolute Gasteiger partial charge is 0.151 e. The molecule has 0 aliphatic carbocycles. The summed E-state index contributed by atoms with van der Waals surface area (Å²) in [6.07, 6.45) is 0. The van der Waals surface area contributed by atoms with Crippen LogP contribution in [0.1, 0.15) is 25.5 Å². The maximum atomic E-state index is 11.4. The fourth-order valence-corrected chi connectivity index (χ4v) is 1.82. The summed E-state index contributed by atoms with van der Waals surface area (Å²) < 4.78 is 5.33. The molecule has 16 heavy (non-hydrogen) atoms. The Kier molecular flexibility index (Phi) is 4.77. The fourth-order valence-electron chi connectivity index (χ4n) is 1.57. The first-order valence-electron chi connectivity index (χ1n) is 5.20. The number of ketones is 1. The second-order valence-corrected chi connectivity index (χ2v) is 3.86. The van der Waals surface area contributed by atoms with Crippen molar-refractivity contribution in [3.05, 3.63) is 28.8 Å². The van der Waals surface area contributed by atoms with E-state index in [0.29, 0.717) is 17.4 Å². The quantitative estimate of drug-likeness (QED) is 0.861. The molecular weight excluding hydrogens is 226 g/mol. The molecule has 0 radical (unpaired) electrons. The number of rotatable bonds is 5. The molecule has 0 amide bonds. The Balaban J connectivity index is 2.99. The minimum atomic E-state index is -0.312. The van der Waals surface area contributed by atoms with Crippen LogP contribution in [0.3, 0.4) is 0 Å². The number of carbonyl (C=O) groups is 1. The first-order valence-corrected chi connectivity index (χ1v) is 5.58. The average molecular weight is 242 g/mol. The number of Topliss-reactive ketones (excluding diaryl/α,β-unsaturated/α-hetero) is 1. The van der Waals surface area contributed by atoms with Crippen LogP contribution in [-0.4, -0.2) is 19.4 Å². The first-order chi connectivity index (χ1) is 7.60. The molecule has 1 rings (SSSR count). The van der Waals surface area contributed by atoms with Gasteiger partial charge in [-0.25, -0.2) is 0 Å². The molecule has 0 aromatic heterocycles. The molecule has 0 heterocycles. The molecular formula is C12H16ClNO2. The number of likely N-dealkylation sites (N-methyl/N-ethyl adjacent to an activating group) is 1. The maximum absolute atomic E-state index is 11.4. The number of halogens is 1. The zero-order valence-corrected chi connectivity index (χ0v) is 10.5. The largest absolute Gasteiger partial charge is 0.492 e. The minimum Gasteiger partial charge on any atom is -0.492 e. The highest BCUT2D eigenvalue weighted by Gasteiger charge is 2.15. The second kappa shape index (κ2) is 5.87. The van der Waals surface area contributed by atoms with Gasteiger partial charge in [-0.05, 0) is 38.6 Å². The number of carbonyl (C=O) groups excluding carboxylic acids is 1. The van der Waals surface area contributed by atoms with E-state index in [9.17, 15) is 4.79 Å². The van der Waals surface area contributed by atoms with E-state index in [2.05, 4.69) is 5.32 Å². The normalized spacial score (nSPS) is 12.2. The molecule has 88 valence electrons. The van der Waals surface area contributed by atoms with E-state index < -0.39 is 0 Å². The lowest BCUT2D eigenvalue weighted by molar-refractivity contribution is -0.119. The zero-order valence-electron chi connectivity index (χ0n) is 9.71. The highest BCUT2D eigenvalue weighted by molar-refractivity contribution is 6.32. The topological polar surface area (TPSA) is 38.3 Å². The summed E-state index contributed by atoms with van der Waals surface area (Å²) in [5, 5.41) is 3.48. The van der Waals surface area contributed by atoms with Crippen LogP contribution in [-0.2, 0) is 4.79 Å². The SMILES string of the molecule is CCOc1ccc(C(NC)C(C)=O)cc1Cl. The molecule has 0 bridgehead atoms. The maximum Gasteiger partial charge on any atom is 0.151 e. The van der Waals surface area contributed by atoms with Gasteiger partial charge in [-0.1, -0.05) is 17.7 Å².